The number of nitro groups is 1. The zero-order valence-electron chi connectivity index (χ0n) is 8.90. The Balaban J connectivity index is 2.03. The molecule has 0 bridgehead atoms. The van der Waals surface area contributed by atoms with Crippen LogP contribution in [0.2, 0.25) is 0 Å². The molecule has 2 rings (SSSR count). The van der Waals surface area contributed by atoms with Gasteiger partial charge >= 0.3 is 0 Å². The van der Waals surface area contributed by atoms with Crippen molar-refractivity contribution in [2.45, 2.75) is 16.6 Å². The molecule has 5 nitrogen and oxygen atoms in total. The number of sulfone groups is 1. The Hall–Kier alpha value is -1.08. The van der Waals surface area contributed by atoms with Crippen LogP contribution in [-0.4, -0.2) is 30.1 Å². The van der Waals surface area contributed by atoms with Gasteiger partial charge in [-0.25, -0.2) is 8.42 Å². The first kappa shape index (κ1) is 12.4. The van der Waals surface area contributed by atoms with E-state index in [0.717, 1.165) is 4.90 Å². The summed E-state index contributed by atoms with van der Waals surface area (Å²) >= 11 is 1.47. The second-order valence-electron chi connectivity index (χ2n) is 3.89. The second-order valence-corrected chi connectivity index (χ2v) is 7.50. The van der Waals surface area contributed by atoms with E-state index in [1.54, 1.807) is 12.1 Å². The fourth-order valence-corrected chi connectivity index (χ4v) is 5.19. The van der Waals surface area contributed by atoms with Gasteiger partial charge in [-0.1, -0.05) is 0 Å². The predicted octanol–water partition coefficient (Wildman–Crippen LogP) is 1.87. The third-order valence-corrected chi connectivity index (χ3v) is 5.80. The lowest BCUT2D eigenvalue weighted by molar-refractivity contribution is -0.384. The highest BCUT2D eigenvalue weighted by Gasteiger charge is 2.28. The number of non-ortho nitro benzene ring substituents is 1. The van der Waals surface area contributed by atoms with E-state index in [1.165, 1.54) is 23.9 Å². The van der Waals surface area contributed by atoms with Crippen LogP contribution in [0.5, 0.6) is 0 Å². The summed E-state index contributed by atoms with van der Waals surface area (Å²) in [5.74, 6) is 0.451. The number of nitro benzene ring substituents is 1. The Labute approximate surface area is 103 Å². The largest absolute Gasteiger partial charge is 0.269 e. The summed E-state index contributed by atoms with van der Waals surface area (Å²) in [6, 6.07) is 6.19. The fourth-order valence-electron chi connectivity index (χ4n) is 1.69. The molecule has 1 saturated heterocycles. The molecule has 1 aliphatic rings. The van der Waals surface area contributed by atoms with Crippen molar-refractivity contribution in [1.29, 1.82) is 0 Å². The van der Waals surface area contributed by atoms with Gasteiger partial charge in [0.15, 0.2) is 9.84 Å². The maximum Gasteiger partial charge on any atom is 0.269 e. The molecule has 1 aliphatic heterocycles. The van der Waals surface area contributed by atoms with Crippen molar-refractivity contribution in [2.75, 3.05) is 11.5 Å². The molecule has 0 aliphatic carbocycles. The number of benzene rings is 1. The van der Waals surface area contributed by atoms with Crippen molar-refractivity contribution in [3.05, 3.63) is 34.4 Å². The van der Waals surface area contributed by atoms with Gasteiger partial charge in [-0.15, -0.1) is 11.8 Å². The van der Waals surface area contributed by atoms with Crippen LogP contribution in [0.3, 0.4) is 0 Å². The van der Waals surface area contributed by atoms with E-state index in [2.05, 4.69) is 0 Å². The van der Waals surface area contributed by atoms with Gasteiger partial charge in [0.1, 0.15) is 0 Å². The monoisotopic (exact) mass is 273 g/mol. The zero-order chi connectivity index (χ0) is 12.5. The Morgan fingerprint density at radius 1 is 1.29 bits per heavy atom. The summed E-state index contributed by atoms with van der Waals surface area (Å²) in [5.41, 5.74) is 0.0494. The number of nitrogens with zero attached hydrogens (tertiary/aromatic N) is 1. The van der Waals surface area contributed by atoms with Crippen LogP contribution < -0.4 is 0 Å². The molecule has 1 aromatic carbocycles. The Bertz CT molecular complexity index is 524. The lowest BCUT2D eigenvalue weighted by Crippen LogP contribution is -2.05. The van der Waals surface area contributed by atoms with Crippen molar-refractivity contribution >= 4 is 27.3 Å². The first-order chi connectivity index (χ1) is 7.96. The fraction of sp³-hybridized carbons (Fsp3) is 0.400. The van der Waals surface area contributed by atoms with E-state index < -0.39 is 14.8 Å². The normalized spacial score (nSPS) is 22.5. The molecule has 1 unspecified atom stereocenters. The van der Waals surface area contributed by atoms with Gasteiger partial charge < -0.3 is 0 Å². The molecular weight excluding hydrogens is 262 g/mol. The predicted molar refractivity (Wildman–Crippen MR) is 66.0 cm³/mol. The van der Waals surface area contributed by atoms with E-state index in [9.17, 15) is 18.5 Å². The van der Waals surface area contributed by atoms with E-state index in [-0.39, 0.29) is 22.4 Å². The van der Waals surface area contributed by atoms with Crippen molar-refractivity contribution in [2.24, 2.45) is 0 Å². The maximum absolute atomic E-state index is 11.3. The molecule has 0 saturated carbocycles. The molecule has 0 N–H and O–H groups in total. The SMILES string of the molecule is O=[N+]([O-])c1ccc(SC2CCS(=O)(=O)C2)cc1. The number of hydrogen-bond acceptors (Lipinski definition) is 5. The van der Waals surface area contributed by atoms with Crippen LogP contribution in [0.4, 0.5) is 5.69 Å². The van der Waals surface area contributed by atoms with Gasteiger partial charge in [0.25, 0.3) is 5.69 Å². The third kappa shape index (κ3) is 3.19. The minimum absolute atomic E-state index is 0.0494. The van der Waals surface area contributed by atoms with Gasteiger partial charge in [0, 0.05) is 22.3 Å². The van der Waals surface area contributed by atoms with Gasteiger partial charge in [-0.2, -0.15) is 0 Å². The standard InChI is InChI=1S/C10H11NO4S2/c12-11(13)8-1-3-9(4-2-8)16-10-5-6-17(14,15)7-10/h1-4,10H,5-7H2. The molecule has 1 fully saturated rings. The van der Waals surface area contributed by atoms with Gasteiger partial charge in [0.05, 0.1) is 16.4 Å². The maximum atomic E-state index is 11.3. The average molecular weight is 273 g/mol. The summed E-state index contributed by atoms with van der Waals surface area (Å²) in [6.45, 7) is 0. The average Bonchev–Trinajstić information content (AvgIpc) is 2.59. The zero-order valence-corrected chi connectivity index (χ0v) is 10.5. The highest BCUT2D eigenvalue weighted by molar-refractivity contribution is 8.01. The van der Waals surface area contributed by atoms with E-state index in [4.69, 9.17) is 0 Å². The molecule has 92 valence electrons. The van der Waals surface area contributed by atoms with Gasteiger partial charge in [0.2, 0.25) is 0 Å². The summed E-state index contributed by atoms with van der Waals surface area (Å²) in [5, 5.41) is 10.5. The van der Waals surface area contributed by atoms with E-state index in [1.807, 2.05) is 0 Å². The molecule has 1 aromatic rings. The van der Waals surface area contributed by atoms with Gasteiger partial charge in [-0.05, 0) is 18.6 Å². The molecule has 0 aromatic heterocycles. The molecule has 1 heterocycles. The van der Waals surface area contributed by atoms with Gasteiger partial charge in [-0.3, -0.25) is 10.1 Å². The van der Waals surface area contributed by atoms with Crippen LogP contribution in [0, 0.1) is 10.1 Å². The summed E-state index contributed by atoms with van der Waals surface area (Å²) in [7, 11) is -2.87. The second kappa shape index (κ2) is 4.66. The molecule has 17 heavy (non-hydrogen) atoms. The third-order valence-electron chi connectivity index (χ3n) is 2.54. The van der Waals surface area contributed by atoms with Crippen LogP contribution >= 0.6 is 11.8 Å². The lowest BCUT2D eigenvalue weighted by atomic mass is 10.3. The first-order valence-corrected chi connectivity index (χ1v) is 7.78. The highest BCUT2D eigenvalue weighted by Crippen LogP contribution is 2.31. The quantitative estimate of drug-likeness (QED) is 0.620. The minimum Gasteiger partial charge on any atom is -0.258 e. The number of thioether (sulfide) groups is 1. The molecule has 0 spiro atoms. The number of hydrogen-bond donors (Lipinski definition) is 0. The molecule has 0 radical (unpaired) electrons. The Morgan fingerprint density at radius 2 is 1.94 bits per heavy atom. The van der Waals surface area contributed by atoms with Crippen molar-refractivity contribution in [3.8, 4) is 0 Å². The summed E-state index contributed by atoms with van der Waals surface area (Å²) in [4.78, 5) is 10.9. The van der Waals surface area contributed by atoms with E-state index in [0.29, 0.717) is 6.42 Å². The molecule has 7 heteroatoms. The highest BCUT2D eigenvalue weighted by atomic mass is 32.2. The first-order valence-electron chi connectivity index (χ1n) is 5.08. The van der Waals surface area contributed by atoms with Crippen LogP contribution in [-0.2, 0) is 9.84 Å². The minimum atomic E-state index is -2.87. The van der Waals surface area contributed by atoms with Crippen molar-refractivity contribution < 1.29 is 13.3 Å². The Morgan fingerprint density at radius 3 is 2.41 bits per heavy atom. The topological polar surface area (TPSA) is 77.3 Å². The van der Waals surface area contributed by atoms with E-state index >= 15 is 0 Å². The molecule has 1 atom stereocenters. The summed E-state index contributed by atoms with van der Waals surface area (Å²) < 4.78 is 22.5. The number of rotatable bonds is 3. The Kier molecular flexibility index (Phi) is 3.39. The van der Waals surface area contributed by atoms with Crippen molar-refractivity contribution in [1.82, 2.24) is 0 Å². The molecular formula is C10H11NO4S2. The van der Waals surface area contributed by atoms with Crippen LogP contribution in [0.1, 0.15) is 6.42 Å². The van der Waals surface area contributed by atoms with Crippen molar-refractivity contribution in [3.63, 3.8) is 0 Å². The molecule has 0 amide bonds. The van der Waals surface area contributed by atoms with Crippen LogP contribution in [0.15, 0.2) is 29.2 Å². The lowest BCUT2D eigenvalue weighted by Gasteiger charge is -2.06. The van der Waals surface area contributed by atoms with Crippen LogP contribution in [0.25, 0.3) is 0 Å². The smallest absolute Gasteiger partial charge is 0.258 e. The summed E-state index contributed by atoms with van der Waals surface area (Å²) in [6.07, 6.45) is 0.657.